The van der Waals surface area contributed by atoms with E-state index in [0.717, 1.165) is 0 Å². The first-order chi connectivity index (χ1) is 4.75. The predicted molar refractivity (Wildman–Crippen MR) is 34.4 cm³/mol. The van der Waals surface area contributed by atoms with Gasteiger partial charge in [0, 0.05) is 14.1 Å². The summed E-state index contributed by atoms with van der Waals surface area (Å²) in [5.41, 5.74) is 0. The van der Waals surface area contributed by atoms with Crippen molar-refractivity contribution in [1.82, 2.24) is 20.2 Å². The molecular weight excluding hydrogens is 134 g/mol. The zero-order chi connectivity index (χ0) is 7.56. The first-order valence-electron chi connectivity index (χ1n) is 2.80. The Morgan fingerprint density at radius 2 is 2.30 bits per heavy atom. The second kappa shape index (κ2) is 2.61. The molecule has 1 aromatic heterocycles. The number of anilines is 1. The third kappa shape index (κ3) is 1.06. The quantitative estimate of drug-likeness (QED) is 0.556. The molecule has 0 unspecified atom stereocenters. The average Bonchev–Trinajstić information content (AvgIpc) is 2.33. The smallest absolute Gasteiger partial charge is 0.247 e. The van der Waals surface area contributed by atoms with E-state index in [2.05, 4.69) is 15.5 Å². The highest BCUT2D eigenvalue weighted by Crippen LogP contribution is 2.00. The minimum absolute atomic E-state index is 0.194. The zero-order valence-electron chi connectivity index (χ0n) is 5.89. The van der Waals surface area contributed by atoms with E-state index in [0.29, 0.717) is 5.95 Å². The van der Waals surface area contributed by atoms with Gasteiger partial charge in [0.05, 0.1) is 0 Å². The molecular formula is C4H9N5O. The van der Waals surface area contributed by atoms with Gasteiger partial charge in [-0.05, 0) is 10.4 Å². The van der Waals surface area contributed by atoms with E-state index in [4.69, 9.17) is 5.11 Å². The van der Waals surface area contributed by atoms with Crippen molar-refractivity contribution in [3.8, 4) is 0 Å². The topological polar surface area (TPSA) is 67.1 Å². The monoisotopic (exact) mass is 143 g/mol. The Balaban J connectivity index is 2.90. The van der Waals surface area contributed by atoms with Crippen LogP contribution in [0.25, 0.3) is 0 Å². The maximum Gasteiger partial charge on any atom is 0.247 e. The van der Waals surface area contributed by atoms with Crippen molar-refractivity contribution in [2.75, 3.05) is 19.0 Å². The molecule has 1 rings (SSSR count). The number of aromatic nitrogens is 4. The van der Waals surface area contributed by atoms with Gasteiger partial charge in [-0.2, -0.15) is 4.68 Å². The molecule has 0 radical (unpaired) electrons. The van der Waals surface area contributed by atoms with Crippen LogP contribution in [0.4, 0.5) is 5.95 Å². The van der Waals surface area contributed by atoms with Crippen LogP contribution in [-0.4, -0.2) is 39.4 Å². The maximum atomic E-state index is 8.65. The highest BCUT2D eigenvalue weighted by molar-refractivity contribution is 5.23. The summed E-state index contributed by atoms with van der Waals surface area (Å²) >= 11 is 0. The molecule has 10 heavy (non-hydrogen) atoms. The predicted octanol–water partition coefficient (Wildman–Crippen LogP) is -1.31. The summed E-state index contributed by atoms with van der Waals surface area (Å²) in [6.07, 6.45) is 0. The molecule has 1 heterocycles. The fourth-order valence-corrected chi connectivity index (χ4v) is 0.612. The lowest BCUT2D eigenvalue weighted by Crippen LogP contribution is -2.16. The van der Waals surface area contributed by atoms with Crippen LogP contribution in [0.15, 0.2) is 0 Å². The Labute approximate surface area is 58.1 Å². The average molecular weight is 143 g/mol. The first kappa shape index (κ1) is 6.94. The molecule has 0 spiro atoms. The number of hydrogen-bond donors (Lipinski definition) is 1. The van der Waals surface area contributed by atoms with Gasteiger partial charge in [0.15, 0.2) is 0 Å². The van der Waals surface area contributed by atoms with E-state index in [-0.39, 0.29) is 6.73 Å². The van der Waals surface area contributed by atoms with Crippen molar-refractivity contribution in [2.45, 2.75) is 6.73 Å². The molecule has 0 fully saturated rings. The summed E-state index contributed by atoms with van der Waals surface area (Å²) in [6.45, 7) is -0.194. The van der Waals surface area contributed by atoms with Gasteiger partial charge < -0.3 is 10.0 Å². The molecule has 0 aliphatic carbocycles. The fourth-order valence-electron chi connectivity index (χ4n) is 0.612. The van der Waals surface area contributed by atoms with Gasteiger partial charge in [-0.1, -0.05) is 5.10 Å². The number of tetrazole rings is 1. The van der Waals surface area contributed by atoms with Crippen molar-refractivity contribution in [1.29, 1.82) is 0 Å². The Bertz CT molecular complexity index is 207. The third-order valence-electron chi connectivity index (χ3n) is 1.05. The van der Waals surface area contributed by atoms with Crippen LogP contribution in [0.2, 0.25) is 0 Å². The Hall–Kier alpha value is -1.17. The van der Waals surface area contributed by atoms with Crippen molar-refractivity contribution >= 4 is 5.95 Å². The normalized spacial score (nSPS) is 9.90. The van der Waals surface area contributed by atoms with E-state index in [1.165, 1.54) is 4.68 Å². The Morgan fingerprint density at radius 3 is 2.70 bits per heavy atom. The van der Waals surface area contributed by atoms with Gasteiger partial charge in [-0.25, -0.2) is 0 Å². The number of rotatable bonds is 2. The standard InChI is InChI=1S/C4H9N5O/c1-8(2)4-5-6-7-9(4)3-10/h10H,3H2,1-2H3. The molecule has 0 bridgehead atoms. The molecule has 0 aromatic carbocycles. The summed E-state index contributed by atoms with van der Waals surface area (Å²) in [5, 5.41) is 19.2. The van der Waals surface area contributed by atoms with Crippen LogP contribution < -0.4 is 4.90 Å². The SMILES string of the molecule is CN(C)c1nnnn1CO. The van der Waals surface area contributed by atoms with Crippen LogP contribution in [0.3, 0.4) is 0 Å². The zero-order valence-corrected chi connectivity index (χ0v) is 5.89. The van der Waals surface area contributed by atoms with Crippen molar-refractivity contribution in [3.05, 3.63) is 0 Å². The van der Waals surface area contributed by atoms with Crippen molar-refractivity contribution in [2.24, 2.45) is 0 Å². The molecule has 0 saturated carbocycles. The fraction of sp³-hybridized carbons (Fsp3) is 0.750. The van der Waals surface area contributed by atoms with Gasteiger partial charge >= 0.3 is 0 Å². The Kier molecular flexibility index (Phi) is 1.81. The molecule has 56 valence electrons. The van der Waals surface area contributed by atoms with Gasteiger partial charge in [0.1, 0.15) is 6.73 Å². The lowest BCUT2D eigenvalue weighted by Gasteiger charge is -2.08. The van der Waals surface area contributed by atoms with E-state index >= 15 is 0 Å². The van der Waals surface area contributed by atoms with Crippen molar-refractivity contribution < 1.29 is 5.11 Å². The highest BCUT2D eigenvalue weighted by Gasteiger charge is 2.04. The van der Waals surface area contributed by atoms with Crippen LogP contribution >= 0.6 is 0 Å². The van der Waals surface area contributed by atoms with E-state index in [1.54, 1.807) is 19.0 Å². The first-order valence-corrected chi connectivity index (χ1v) is 2.80. The lowest BCUT2D eigenvalue weighted by atomic mass is 10.8. The molecule has 0 atom stereocenters. The maximum absolute atomic E-state index is 8.65. The third-order valence-corrected chi connectivity index (χ3v) is 1.05. The summed E-state index contributed by atoms with van der Waals surface area (Å²) < 4.78 is 1.29. The van der Waals surface area contributed by atoms with Gasteiger partial charge in [-0.3, -0.25) is 0 Å². The van der Waals surface area contributed by atoms with E-state index in [9.17, 15) is 0 Å². The highest BCUT2D eigenvalue weighted by atomic mass is 16.3. The van der Waals surface area contributed by atoms with E-state index in [1.807, 2.05) is 0 Å². The molecule has 0 saturated heterocycles. The number of hydrogen-bond acceptors (Lipinski definition) is 5. The molecule has 0 aliphatic heterocycles. The van der Waals surface area contributed by atoms with Crippen LogP contribution in [-0.2, 0) is 6.73 Å². The van der Waals surface area contributed by atoms with Gasteiger partial charge in [-0.15, -0.1) is 0 Å². The molecule has 0 amide bonds. The Morgan fingerprint density at radius 1 is 1.60 bits per heavy atom. The minimum atomic E-state index is -0.194. The molecule has 1 N–H and O–H groups in total. The number of aliphatic hydroxyl groups excluding tert-OH is 1. The van der Waals surface area contributed by atoms with Crippen LogP contribution in [0.1, 0.15) is 0 Å². The molecule has 0 aliphatic rings. The molecule has 6 nitrogen and oxygen atoms in total. The van der Waals surface area contributed by atoms with Gasteiger partial charge in [0.25, 0.3) is 0 Å². The minimum Gasteiger partial charge on any atom is -0.374 e. The van der Waals surface area contributed by atoms with E-state index < -0.39 is 0 Å². The number of aliphatic hydroxyl groups is 1. The van der Waals surface area contributed by atoms with Crippen LogP contribution in [0.5, 0.6) is 0 Å². The summed E-state index contributed by atoms with van der Waals surface area (Å²) in [6, 6.07) is 0. The lowest BCUT2D eigenvalue weighted by molar-refractivity contribution is 0.194. The second-order valence-corrected chi connectivity index (χ2v) is 2.01. The van der Waals surface area contributed by atoms with Crippen LogP contribution in [0, 0.1) is 0 Å². The summed E-state index contributed by atoms with van der Waals surface area (Å²) in [7, 11) is 3.61. The molecule has 6 heteroatoms. The van der Waals surface area contributed by atoms with Gasteiger partial charge in [0.2, 0.25) is 5.95 Å². The van der Waals surface area contributed by atoms with Crippen molar-refractivity contribution in [3.63, 3.8) is 0 Å². The second-order valence-electron chi connectivity index (χ2n) is 2.01. The number of nitrogens with zero attached hydrogens (tertiary/aromatic N) is 5. The summed E-state index contributed by atoms with van der Waals surface area (Å²) in [4.78, 5) is 1.72. The largest absolute Gasteiger partial charge is 0.374 e. The summed E-state index contributed by atoms with van der Waals surface area (Å²) in [5.74, 6) is 0.544. The molecule has 1 aromatic rings.